The monoisotopic (exact) mass is 169 g/mol. The van der Waals surface area contributed by atoms with E-state index in [-0.39, 0.29) is 11.3 Å². The van der Waals surface area contributed by atoms with Crippen molar-refractivity contribution in [1.82, 2.24) is 0 Å². The molecule has 0 aliphatic heterocycles. The van der Waals surface area contributed by atoms with Crippen LogP contribution in [0, 0.1) is 23.0 Å². The molecule has 0 aromatic heterocycles. The summed E-state index contributed by atoms with van der Waals surface area (Å²) in [7, 11) is 1.18. The van der Waals surface area contributed by atoms with Gasteiger partial charge in [0, 0.05) is 0 Å². The normalized spacial score (nSPS) is 9.17. The predicted octanol–water partition coefficient (Wildman–Crippen LogP) is 1.85. The summed E-state index contributed by atoms with van der Waals surface area (Å²) in [5, 5.41) is 8.45. The molecule has 0 saturated heterocycles. The van der Waals surface area contributed by atoms with Gasteiger partial charge in [-0.15, -0.1) is 0 Å². The van der Waals surface area contributed by atoms with E-state index in [0.717, 1.165) is 12.1 Å². The first-order chi connectivity index (χ1) is 5.70. The van der Waals surface area contributed by atoms with Crippen LogP contribution in [0.2, 0.25) is 0 Å². The molecule has 0 saturated carbocycles. The van der Waals surface area contributed by atoms with E-state index >= 15 is 0 Å². The zero-order valence-corrected chi connectivity index (χ0v) is 6.27. The Morgan fingerprint density at radius 3 is 2.58 bits per heavy atom. The highest BCUT2D eigenvalue weighted by Gasteiger charge is 2.13. The van der Waals surface area contributed by atoms with Crippen molar-refractivity contribution in [2.75, 3.05) is 7.11 Å². The van der Waals surface area contributed by atoms with Crippen LogP contribution < -0.4 is 4.74 Å². The molecule has 0 aliphatic carbocycles. The molecule has 0 heterocycles. The number of methoxy groups -OCH3 is 1. The second-order valence-corrected chi connectivity index (χ2v) is 2.05. The molecule has 0 bridgehead atoms. The molecule has 0 atom stereocenters. The Labute approximate surface area is 68.0 Å². The molecule has 0 fully saturated rings. The van der Waals surface area contributed by atoms with Crippen LogP contribution >= 0.6 is 0 Å². The molecular formula is C8H5F2NO. The van der Waals surface area contributed by atoms with Gasteiger partial charge < -0.3 is 4.74 Å². The Bertz CT molecular complexity index is 344. The van der Waals surface area contributed by atoms with Gasteiger partial charge in [-0.05, 0) is 12.1 Å². The largest absolute Gasteiger partial charge is 0.492 e. The lowest BCUT2D eigenvalue weighted by atomic mass is 10.2. The number of hydrogen-bond acceptors (Lipinski definition) is 2. The first-order valence-corrected chi connectivity index (χ1v) is 3.12. The molecule has 1 aromatic rings. The zero-order valence-electron chi connectivity index (χ0n) is 6.27. The fraction of sp³-hybridized carbons (Fsp3) is 0.125. The van der Waals surface area contributed by atoms with E-state index < -0.39 is 11.6 Å². The van der Waals surface area contributed by atoms with Gasteiger partial charge in [-0.3, -0.25) is 0 Å². The van der Waals surface area contributed by atoms with Crippen molar-refractivity contribution in [3.8, 4) is 11.8 Å². The van der Waals surface area contributed by atoms with Crippen LogP contribution in [0.3, 0.4) is 0 Å². The molecule has 62 valence electrons. The fourth-order valence-corrected chi connectivity index (χ4v) is 0.820. The van der Waals surface area contributed by atoms with Crippen molar-refractivity contribution >= 4 is 0 Å². The van der Waals surface area contributed by atoms with E-state index in [1.54, 1.807) is 6.07 Å². The molecule has 0 spiro atoms. The number of halogens is 2. The van der Waals surface area contributed by atoms with E-state index in [2.05, 4.69) is 4.74 Å². The number of hydrogen-bond donors (Lipinski definition) is 0. The maximum atomic E-state index is 12.8. The van der Waals surface area contributed by atoms with Gasteiger partial charge in [0.05, 0.1) is 12.7 Å². The summed E-state index contributed by atoms with van der Waals surface area (Å²) in [6.45, 7) is 0. The van der Waals surface area contributed by atoms with Gasteiger partial charge in [-0.25, -0.2) is 4.39 Å². The van der Waals surface area contributed by atoms with Gasteiger partial charge in [0.15, 0.2) is 11.6 Å². The van der Waals surface area contributed by atoms with Crippen molar-refractivity contribution in [1.29, 1.82) is 5.26 Å². The van der Waals surface area contributed by atoms with Crippen molar-refractivity contribution in [2.24, 2.45) is 0 Å². The third-order valence-electron chi connectivity index (χ3n) is 1.37. The van der Waals surface area contributed by atoms with Crippen molar-refractivity contribution in [3.05, 3.63) is 29.3 Å². The molecule has 0 N–H and O–H groups in total. The summed E-state index contributed by atoms with van der Waals surface area (Å²) in [5.41, 5.74) is -0.0172. The van der Waals surface area contributed by atoms with Crippen LogP contribution in [0.4, 0.5) is 8.78 Å². The second kappa shape index (κ2) is 3.18. The van der Waals surface area contributed by atoms with Crippen LogP contribution in [0.25, 0.3) is 0 Å². The molecule has 1 rings (SSSR count). The Balaban J connectivity index is 3.38. The van der Waals surface area contributed by atoms with Gasteiger partial charge >= 0.3 is 0 Å². The van der Waals surface area contributed by atoms with Gasteiger partial charge in [0.1, 0.15) is 6.07 Å². The summed E-state index contributed by atoms with van der Waals surface area (Å²) in [6, 6.07) is 3.73. The summed E-state index contributed by atoms with van der Waals surface area (Å²) in [6.07, 6.45) is 0. The van der Waals surface area contributed by atoms with Crippen molar-refractivity contribution < 1.29 is 13.5 Å². The third-order valence-corrected chi connectivity index (χ3v) is 1.37. The quantitative estimate of drug-likeness (QED) is 0.642. The lowest BCUT2D eigenvalue weighted by Gasteiger charge is -2.03. The summed E-state index contributed by atoms with van der Waals surface area (Å²) in [5.74, 6) is -2.50. The summed E-state index contributed by atoms with van der Waals surface area (Å²) >= 11 is 0. The average Bonchev–Trinajstić information content (AvgIpc) is 2.09. The van der Waals surface area contributed by atoms with Crippen LogP contribution in [0.5, 0.6) is 5.75 Å². The van der Waals surface area contributed by atoms with Crippen LogP contribution in [-0.4, -0.2) is 7.11 Å². The van der Waals surface area contributed by atoms with E-state index in [0.29, 0.717) is 0 Å². The number of nitrogens with zero attached hydrogens (tertiary/aromatic N) is 1. The highest BCUT2D eigenvalue weighted by atomic mass is 19.2. The first kappa shape index (κ1) is 8.47. The average molecular weight is 169 g/mol. The summed E-state index contributed by atoms with van der Waals surface area (Å²) in [4.78, 5) is 0. The van der Waals surface area contributed by atoms with Crippen LogP contribution in [-0.2, 0) is 0 Å². The lowest BCUT2D eigenvalue weighted by molar-refractivity contribution is 0.370. The minimum absolute atomic E-state index is 0.0172. The highest BCUT2D eigenvalue weighted by Crippen LogP contribution is 2.23. The zero-order chi connectivity index (χ0) is 9.14. The molecule has 0 radical (unpaired) electrons. The Morgan fingerprint density at radius 1 is 1.42 bits per heavy atom. The summed E-state index contributed by atoms with van der Waals surface area (Å²) < 4.78 is 29.8. The Kier molecular flexibility index (Phi) is 2.24. The van der Waals surface area contributed by atoms with Gasteiger partial charge in [0.25, 0.3) is 0 Å². The van der Waals surface area contributed by atoms with Gasteiger partial charge in [-0.1, -0.05) is 0 Å². The molecule has 12 heavy (non-hydrogen) atoms. The standard InChI is InChI=1S/C8H5F2NO/c1-12-8-5(4-11)2-3-6(9)7(8)10/h2-3H,1H3. The molecule has 0 unspecified atom stereocenters. The predicted molar refractivity (Wildman–Crippen MR) is 37.6 cm³/mol. The van der Waals surface area contributed by atoms with Gasteiger partial charge in [0.2, 0.25) is 5.82 Å². The molecule has 0 amide bonds. The third kappa shape index (κ3) is 1.21. The lowest BCUT2D eigenvalue weighted by Crippen LogP contribution is -1.94. The fourth-order valence-electron chi connectivity index (χ4n) is 0.820. The molecule has 0 aliphatic rings. The number of benzene rings is 1. The van der Waals surface area contributed by atoms with E-state index in [1.165, 1.54) is 7.11 Å². The minimum atomic E-state index is -1.13. The highest BCUT2D eigenvalue weighted by molar-refractivity contribution is 5.44. The van der Waals surface area contributed by atoms with Crippen molar-refractivity contribution in [2.45, 2.75) is 0 Å². The number of nitriles is 1. The first-order valence-electron chi connectivity index (χ1n) is 3.12. The maximum Gasteiger partial charge on any atom is 0.201 e. The van der Waals surface area contributed by atoms with E-state index in [1.807, 2.05) is 0 Å². The topological polar surface area (TPSA) is 33.0 Å². The number of rotatable bonds is 1. The Hall–Kier alpha value is -1.63. The van der Waals surface area contributed by atoms with Crippen molar-refractivity contribution in [3.63, 3.8) is 0 Å². The van der Waals surface area contributed by atoms with E-state index in [9.17, 15) is 8.78 Å². The second-order valence-electron chi connectivity index (χ2n) is 2.05. The molecule has 1 aromatic carbocycles. The molecular weight excluding hydrogens is 164 g/mol. The Morgan fingerprint density at radius 2 is 2.08 bits per heavy atom. The number of ether oxygens (including phenoxy) is 1. The SMILES string of the molecule is COc1c(C#N)ccc(F)c1F. The smallest absolute Gasteiger partial charge is 0.201 e. The van der Waals surface area contributed by atoms with Gasteiger partial charge in [-0.2, -0.15) is 9.65 Å². The van der Waals surface area contributed by atoms with E-state index in [4.69, 9.17) is 5.26 Å². The van der Waals surface area contributed by atoms with Crippen LogP contribution in [0.1, 0.15) is 5.56 Å². The van der Waals surface area contributed by atoms with Crippen LogP contribution in [0.15, 0.2) is 12.1 Å². The minimum Gasteiger partial charge on any atom is -0.492 e. The molecule has 2 nitrogen and oxygen atoms in total. The maximum absolute atomic E-state index is 12.8. The molecule has 4 heteroatoms.